The van der Waals surface area contributed by atoms with E-state index in [1.807, 2.05) is 35.2 Å². The second-order valence-electron chi connectivity index (χ2n) is 7.93. The molecule has 0 bridgehead atoms. The maximum Gasteiger partial charge on any atom is 0.322 e. The predicted octanol–water partition coefficient (Wildman–Crippen LogP) is 5.51. The van der Waals surface area contributed by atoms with Gasteiger partial charge in [0.2, 0.25) is 0 Å². The smallest absolute Gasteiger partial charge is 0.317 e. The van der Waals surface area contributed by atoms with Crippen LogP contribution in [0, 0.1) is 5.82 Å². The minimum atomic E-state index is -0.413. The molecule has 4 nitrogen and oxygen atoms in total. The maximum absolute atomic E-state index is 14.1. The van der Waals surface area contributed by atoms with Gasteiger partial charge in [0, 0.05) is 31.7 Å². The molecule has 2 amide bonds. The van der Waals surface area contributed by atoms with E-state index in [1.165, 1.54) is 18.9 Å². The van der Waals surface area contributed by atoms with E-state index < -0.39 is 5.82 Å². The Morgan fingerprint density at radius 3 is 2.45 bits per heavy atom. The first-order chi connectivity index (χ1) is 14.1. The number of carbonyl (C=O) groups excluding carboxylic acids is 1. The van der Waals surface area contributed by atoms with Crippen molar-refractivity contribution in [3.63, 3.8) is 0 Å². The third-order valence-corrected chi connectivity index (χ3v) is 5.84. The molecule has 156 valence electrons. The molecule has 1 unspecified atom stereocenters. The number of urea groups is 1. The number of piperidine rings is 1. The van der Waals surface area contributed by atoms with Gasteiger partial charge in [0.05, 0.1) is 5.69 Å². The highest BCUT2D eigenvalue weighted by atomic mass is 19.1. The highest BCUT2D eigenvalue weighted by Crippen LogP contribution is 2.23. The van der Waals surface area contributed by atoms with Crippen molar-refractivity contribution in [1.82, 2.24) is 9.80 Å². The maximum atomic E-state index is 14.1. The van der Waals surface area contributed by atoms with E-state index in [4.69, 9.17) is 0 Å². The Kier molecular flexibility index (Phi) is 7.64. The molecular weight excluding hydrogens is 365 g/mol. The van der Waals surface area contributed by atoms with Crippen LogP contribution in [-0.4, -0.2) is 41.0 Å². The van der Waals surface area contributed by atoms with E-state index >= 15 is 0 Å². The molecule has 0 aromatic heterocycles. The number of para-hydroxylation sites is 1. The number of benzene rings is 2. The first kappa shape index (κ1) is 21.3. The van der Waals surface area contributed by atoms with Gasteiger partial charge in [0.1, 0.15) is 5.82 Å². The molecule has 1 heterocycles. The summed E-state index contributed by atoms with van der Waals surface area (Å²) in [5.41, 5.74) is 1.31. The fourth-order valence-corrected chi connectivity index (χ4v) is 4.14. The van der Waals surface area contributed by atoms with Crippen LogP contribution in [0.1, 0.15) is 45.1 Å². The second-order valence-corrected chi connectivity index (χ2v) is 7.93. The first-order valence-corrected chi connectivity index (χ1v) is 10.7. The fraction of sp³-hybridized carbons (Fsp3) is 0.458. The van der Waals surface area contributed by atoms with Crippen molar-refractivity contribution < 1.29 is 9.18 Å². The largest absolute Gasteiger partial charge is 0.322 e. The quantitative estimate of drug-likeness (QED) is 0.668. The lowest BCUT2D eigenvalue weighted by Gasteiger charge is -2.40. The third-order valence-electron chi connectivity index (χ3n) is 5.84. The number of nitrogens with zero attached hydrogens (tertiary/aromatic N) is 2. The number of anilines is 1. The molecule has 1 N–H and O–H groups in total. The standard InChI is InChI=1S/C24H32FN3O/c1-3-9-19(2)27-16-14-21(15-17-27)28(18-20-10-5-4-6-11-20)24(29)26-23-13-8-7-12-22(23)25/h4-8,10-13,19,21H,3,9,14-18H2,1-2H3,(H,26,29). The molecule has 29 heavy (non-hydrogen) atoms. The van der Waals surface area contributed by atoms with Crippen molar-refractivity contribution in [2.75, 3.05) is 18.4 Å². The first-order valence-electron chi connectivity index (χ1n) is 10.7. The summed E-state index contributed by atoms with van der Waals surface area (Å²) in [7, 11) is 0. The molecule has 1 fully saturated rings. The number of hydrogen-bond acceptors (Lipinski definition) is 2. The molecule has 1 aliphatic rings. The Balaban J connectivity index is 1.71. The molecule has 2 aromatic carbocycles. The fourth-order valence-electron chi connectivity index (χ4n) is 4.14. The van der Waals surface area contributed by atoms with Crippen molar-refractivity contribution in [3.8, 4) is 0 Å². The summed E-state index contributed by atoms with van der Waals surface area (Å²) in [6.45, 7) is 7.01. The lowest BCUT2D eigenvalue weighted by atomic mass is 10.00. The molecule has 0 aliphatic carbocycles. The third kappa shape index (κ3) is 5.80. The highest BCUT2D eigenvalue weighted by Gasteiger charge is 2.29. The van der Waals surface area contributed by atoms with Gasteiger partial charge in [0.25, 0.3) is 0 Å². The van der Waals surface area contributed by atoms with E-state index in [0.29, 0.717) is 12.6 Å². The van der Waals surface area contributed by atoms with Gasteiger partial charge < -0.3 is 15.1 Å². The summed E-state index contributed by atoms with van der Waals surface area (Å²) in [4.78, 5) is 17.5. The summed E-state index contributed by atoms with van der Waals surface area (Å²) >= 11 is 0. The lowest BCUT2D eigenvalue weighted by Crippen LogP contribution is -2.50. The Morgan fingerprint density at radius 1 is 1.14 bits per heavy atom. The highest BCUT2D eigenvalue weighted by molar-refractivity contribution is 5.89. The van der Waals surface area contributed by atoms with Crippen LogP contribution >= 0.6 is 0 Å². The molecule has 1 saturated heterocycles. The van der Waals surface area contributed by atoms with Gasteiger partial charge >= 0.3 is 6.03 Å². The van der Waals surface area contributed by atoms with E-state index in [9.17, 15) is 9.18 Å². The molecule has 0 radical (unpaired) electrons. The number of hydrogen-bond donors (Lipinski definition) is 1. The minimum absolute atomic E-state index is 0.145. The number of nitrogens with one attached hydrogen (secondary N) is 1. The van der Waals surface area contributed by atoms with Gasteiger partial charge in [-0.3, -0.25) is 0 Å². The van der Waals surface area contributed by atoms with Crippen LogP contribution in [0.25, 0.3) is 0 Å². The Labute approximate surface area is 173 Å². The average molecular weight is 398 g/mol. The minimum Gasteiger partial charge on any atom is -0.317 e. The van der Waals surface area contributed by atoms with Crippen LogP contribution in [0.2, 0.25) is 0 Å². The SMILES string of the molecule is CCCC(C)N1CCC(N(Cc2ccccc2)C(=O)Nc2ccccc2F)CC1. The predicted molar refractivity (Wildman–Crippen MR) is 116 cm³/mol. The molecule has 5 heteroatoms. The Bertz CT molecular complexity index is 775. The zero-order valence-corrected chi connectivity index (χ0v) is 17.5. The zero-order chi connectivity index (χ0) is 20.6. The summed E-state index contributed by atoms with van der Waals surface area (Å²) < 4.78 is 14.1. The van der Waals surface area contributed by atoms with Gasteiger partial charge in [-0.1, -0.05) is 55.8 Å². The summed E-state index contributed by atoms with van der Waals surface area (Å²) in [5, 5.41) is 2.78. The van der Waals surface area contributed by atoms with Crippen LogP contribution in [0.15, 0.2) is 54.6 Å². The van der Waals surface area contributed by atoms with E-state index in [2.05, 4.69) is 24.1 Å². The summed E-state index contributed by atoms with van der Waals surface area (Å²) in [6, 6.07) is 16.8. The summed E-state index contributed by atoms with van der Waals surface area (Å²) in [5.74, 6) is -0.413. The van der Waals surface area contributed by atoms with Crippen LogP contribution < -0.4 is 5.32 Å². The van der Waals surface area contributed by atoms with Crippen molar-refractivity contribution in [1.29, 1.82) is 0 Å². The lowest BCUT2D eigenvalue weighted by molar-refractivity contribution is 0.0989. The van der Waals surface area contributed by atoms with Gasteiger partial charge in [-0.05, 0) is 43.9 Å². The Hall–Kier alpha value is -2.40. The number of amides is 2. The molecule has 2 aromatic rings. The normalized spacial score (nSPS) is 16.4. The Morgan fingerprint density at radius 2 is 1.79 bits per heavy atom. The van der Waals surface area contributed by atoms with Crippen molar-refractivity contribution >= 4 is 11.7 Å². The van der Waals surface area contributed by atoms with Crippen LogP contribution in [0.3, 0.4) is 0 Å². The number of likely N-dealkylation sites (tertiary alicyclic amines) is 1. The van der Waals surface area contributed by atoms with Crippen LogP contribution in [-0.2, 0) is 6.54 Å². The van der Waals surface area contributed by atoms with Gasteiger partial charge in [-0.15, -0.1) is 0 Å². The molecule has 3 rings (SSSR count). The average Bonchev–Trinajstić information content (AvgIpc) is 2.74. The second kappa shape index (κ2) is 10.4. The summed E-state index contributed by atoms with van der Waals surface area (Å²) in [6.07, 6.45) is 4.26. The molecule has 1 atom stereocenters. The van der Waals surface area contributed by atoms with Gasteiger partial charge in [-0.25, -0.2) is 9.18 Å². The number of carbonyl (C=O) groups is 1. The molecular formula is C24H32FN3O. The molecule has 0 saturated carbocycles. The van der Waals surface area contributed by atoms with E-state index in [0.717, 1.165) is 31.5 Å². The van der Waals surface area contributed by atoms with Gasteiger partial charge in [0.15, 0.2) is 0 Å². The molecule has 0 spiro atoms. The van der Waals surface area contributed by atoms with Crippen LogP contribution in [0.4, 0.5) is 14.9 Å². The van der Waals surface area contributed by atoms with Crippen LogP contribution in [0.5, 0.6) is 0 Å². The topological polar surface area (TPSA) is 35.6 Å². The number of rotatable bonds is 7. The van der Waals surface area contributed by atoms with Crippen molar-refractivity contribution in [2.45, 2.75) is 58.2 Å². The molecule has 1 aliphatic heterocycles. The monoisotopic (exact) mass is 397 g/mol. The van der Waals surface area contributed by atoms with E-state index in [1.54, 1.807) is 18.2 Å². The van der Waals surface area contributed by atoms with Crippen molar-refractivity contribution in [3.05, 3.63) is 66.0 Å². The van der Waals surface area contributed by atoms with Gasteiger partial charge in [-0.2, -0.15) is 0 Å². The van der Waals surface area contributed by atoms with Crippen molar-refractivity contribution in [2.24, 2.45) is 0 Å². The number of halogens is 1. The van der Waals surface area contributed by atoms with E-state index in [-0.39, 0.29) is 17.8 Å². The zero-order valence-electron chi connectivity index (χ0n) is 17.5.